The third-order valence-electron chi connectivity index (χ3n) is 6.71. The number of piperidine rings is 1. The SMILES string of the molecule is Cc1cc(C(F)(F)F)cc2c1c(Cc1c(Cl)ncc(C(=O)N3CCC(CC(=O)O)CC3)c1Cl)cn2C. The van der Waals surface area contributed by atoms with Crippen LogP contribution in [0.5, 0.6) is 0 Å². The van der Waals surface area contributed by atoms with Gasteiger partial charge in [-0.2, -0.15) is 13.2 Å². The van der Waals surface area contributed by atoms with E-state index in [-0.39, 0.29) is 40.4 Å². The topological polar surface area (TPSA) is 75.4 Å². The summed E-state index contributed by atoms with van der Waals surface area (Å²) in [7, 11) is 1.67. The molecular formula is C25H24Cl2F3N3O3. The molecule has 0 saturated carbocycles. The van der Waals surface area contributed by atoms with Crippen molar-refractivity contribution >= 4 is 46.0 Å². The first kappa shape index (κ1) is 26.3. The summed E-state index contributed by atoms with van der Waals surface area (Å²) in [6, 6.07) is 2.22. The molecule has 0 radical (unpaired) electrons. The minimum absolute atomic E-state index is 0.0217. The Balaban J connectivity index is 1.64. The Kier molecular flexibility index (Phi) is 7.26. The monoisotopic (exact) mass is 541 g/mol. The van der Waals surface area contributed by atoms with E-state index < -0.39 is 17.7 Å². The van der Waals surface area contributed by atoms with Crippen molar-refractivity contribution in [2.45, 2.75) is 38.8 Å². The molecule has 3 aromatic rings. The second kappa shape index (κ2) is 9.94. The van der Waals surface area contributed by atoms with Gasteiger partial charge in [0.2, 0.25) is 0 Å². The number of aryl methyl sites for hydroxylation is 2. The number of likely N-dealkylation sites (tertiary alicyclic amines) is 1. The molecule has 1 N–H and O–H groups in total. The lowest BCUT2D eigenvalue weighted by Crippen LogP contribution is -2.39. The number of alkyl halides is 3. The lowest BCUT2D eigenvalue weighted by molar-refractivity contribution is -0.139. The number of aliphatic carboxylic acids is 1. The number of carboxylic acid groups (broad SMARTS) is 1. The molecule has 6 nitrogen and oxygen atoms in total. The summed E-state index contributed by atoms with van der Waals surface area (Å²) < 4.78 is 41.6. The third kappa shape index (κ3) is 5.18. The Morgan fingerprint density at radius 3 is 2.47 bits per heavy atom. The van der Waals surface area contributed by atoms with Gasteiger partial charge in [0.05, 0.1) is 16.1 Å². The van der Waals surface area contributed by atoms with Gasteiger partial charge in [0.1, 0.15) is 5.15 Å². The molecule has 0 spiro atoms. The molecule has 1 aliphatic rings. The van der Waals surface area contributed by atoms with E-state index in [9.17, 15) is 22.8 Å². The molecule has 4 rings (SSSR count). The number of carbonyl (C=O) groups excluding carboxylic acids is 1. The number of hydrogen-bond acceptors (Lipinski definition) is 3. The van der Waals surface area contributed by atoms with Crippen molar-refractivity contribution in [3.05, 3.63) is 62.5 Å². The fourth-order valence-electron chi connectivity index (χ4n) is 4.89. The van der Waals surface area contributed by atoms with Crippen molar-refractivity contribution in [3.8, 4) is 0 Å². The normalized spacial score (nSPS) is 15.0. The van der Waals surface area contributed by atoms with E-state index in [0.717, 1.165) is 12.1 Å². The van der Waals surface area contributed by atoms with E-state index in [2.05, 4.69) is 4.98 Å². The van der Waals surface area contributed by atoms with Crippen LogP contribution in [0.1, 0.15) is 51.9 Å². The molecule has 2 aromatic heterocycles. The van der Waals surface area contributed by atoms with Gasteiger partial charge in [0, 0.05) is 61.8 Å². The zero-order valence-electron chi connectivity index (χ0n) is 19.6. The Labute approximate surface area is 215 Å². The summed E-state index contributed by atoms with van der Waals surface area (Å²) in [5.74, 6) is -1.15. The first-order valence-corrected chi connectivity index (χ1v) is 12.1. The van der Waals surface area contributed by atoms with E-state index in [1.165, 1.54) is 6.20 Å². The van der Waals surface area contributed by atoms with E-state index in [1.807, 2.05) is 0 Å². The summed E-state index contributed by atoms with van der Waals surface area (Å²) in [5, 5.41) is 9.92. The molecule has 1 saturated heterocycles. The third-order valence-corrected chi connectivity index (χ3v) is 7.47. The molecular weight excluding hydrogens is 518 g/mol. The summed E-state index contributed by atoms with van der Waals surface area (Å²) >= 11 is 13.0. The van der Waals surface area contributed by atoms with Crippen LogP contribution in [-0.4, -0.2) is 44.5 Å². The van der Waals surface area contributed by atoms with Gasteiger partial charge in [0.15, 0.2) is 0 Å². The molecule has 1 fully saturated rings. The second-order valence-electron chi connectivity index (χ2n) is 9.22. The molecule has 3 heterocycles. The predicted molar refractivity (Wildman–Crippen MR) is 131 cm³/mol. The van der Waals surface area contributed by atoms with Crippen molar-refractivity contribution in [1.29, 1.82) is 0 Å². The first-order chi connectivity index (χ1) is 16.9. The zero-order chi connectivity index (χ0) is 26.4. The van der Waals surface area contributed by atoms with E-state index in [0.29, 0.717) is 53.5 Å². The van der Waals surface area contributed by atoms with Crippen LogP contribution in [0.2, 0.25) is 10.2 Å². The summed E-state index contributed by atoms with van der Waals surface area (Å²) in [6.45, 7) is 2.45. The Bertz CT molecular complexity index is 1350. The number of aromatic nitrogens is 2. The molecule has 1 amide bonds. The molecule has 0 atom stereocenters. The van der Waals surface area contributed by atoms with Crippen molar-refractivity contribution in [1.82, 2.24) is 14.5 Å². The van der Waals surface area contributed by atoms with E-state index >= 15 is 0 Å². The standard InChI is InChI=1S/C25H24Cl2F3N3O3/c1-13-7-16(25(28,29)30)10-19-21(13)15(12-32(19)2)9-17-22(26)18(11-31-23(17)27)24(36)33-5-3-14(4-6-33)8-20(34)35/h7,10-12,14H,3-6,8-9H2,1-2H3,(H,34,35). The zero-order valence-corrected chi connectivity index (χ0v) is 21.1. The Morgan fingerprint density at radius 2 is 1.86 bits per heavy atom. The van der Waals surface area contributed by atoms with Gasteiger partial charge in [0.25, 0.3) is 5.91 Å². The fraction of sp³-hybridized carbons (Fsp3) is 0.400. The van der Waals surface area contributed by atoms with Gasteiger partial charge in [-0.05, 0) is 48.9 Å². The lowest BCUT2D eigenvalue weighted by atomic mass is 9.93. The van der Waals surface area contributed by atoms with E-state index in [4.69, 9.17) is 28.3 Å². The number of amides is 1. The molecule has 0 aliphatic carbocycles. The van der Waals surface area contributed by atoms with Crippen molar-refractivity contribution in [2.24, 2.45) is 13.0 Å². The summed E-state index contributed by atoms with van der Waals surface area (Å²) in [5.41, 5.74) is 1.48. The number of pyridine rings is 1. The van der Waals surface area contributed by atoms with Gasteiger partial charge < -0.3 is 14.6 Å². The van der Waals surface area contributed by atoms with Gasteiger partial charge in [-0.25, -0.2) is 4.98 Å². The molecule has 36 heavy (non-hydrogen) atoms. The van der Waals surface area contributed by atoms with Crippen LogP contribution in [0.25, 0.3) is 10.9 Å². The molecule has 0 unspecified atom stereocenters. The summed E-state index contributed by atoms with van der Waals surface area (Å²) in [6.07, 6.45) is 0.00449. The average Bonchev–Trinajstić information content (AvgIpc) is 3.11. The second-order valence-corrected chi connectivity index (χ2v) is 9.95. The number of nitrogens with zero attached hydrogens (tertiary/aromatic N) is 3. The van der Waals surface area contributed by atoms with Crippen LogP contribution >= 0.6 is 23.2 Å². The number of fused-ring (bicyclic) bond motifs is 1. The Hall–Kier alpha value is -2.78. The van der Waals surface area contributed by atoms with Gasteiger partial charge in [-0.15, -0.1) is 0 Å². The maximum absolute atomic E-state index is 13.3. The number of rotatable bonds is 5. The van der Waals surface area contributed by atoms with Crippen LogP contribution in [0.4, 0.5) is 13.2 Å². The van der Waals surface area contributed by atoms with Gasteiger partial charge in [-0.3, -0.25) is 9.59 Å². The van der Waals surface area contributed by atoms with Crippen molar-refractivity contribution in [3.63, 3.8) is 0 Å². The fourth-order valence-corrected chi connectivity index (χ4v) is 5.43. The van der Waals surface area contributed by atoms with Gasteiger partial charge in [-0.1, -0.05) is 23.2 Å². The largest absolute Gasteiger partial charge is 0.481 e. The minimum atomic E-state index is -4.46. The number of benzene rings is 1. The van der Waals surface area contributed by atoms with Crippen LogP contribution < -0.4 is 0 Å². The quantitative estimate of drug-likeness (QED) is 0.394. The molecule has 1 aromatic carbocycles. The Morgan fingerprint density at radius 1 is 1.19 bits per heavy atom. The van der Waals surface area contributed by atoms with Crippen LogP contribution in [0, 0.1) is 12.8 Å². The maximum atomic E-state index is 13.3. The van der Waals surface area contributed by atoms with Crippen LogP contribution in [-0.2, 0) is 24.4 Å². The van der Waals surface area contributed by atoms with E-state index in [1.54, 1.807) is 29.6 Å². The lowest BCUT2D eigenvalue weighted by Gasteiger charge is -2.31. The first-order valence-electron chi connectivity index (χ1n) is 11.4. The highest BCUT2D eigenvalue weighted by Gasteiger charge is 2.32. The smallest absolute Gasteiger partial charge is 0.416 e. The predicted octanol–water partition coefficient (Wildman–Crippen LogP) is 6.13. The van der Waals surface area contributed by atoms with Crippen molar-refractivity contribution in [2.75, 3.05) is 13.1 Å². The highest BCUT2D eigenvalue weighted by Crippen LogP contribution is 2.37. The van der Waals surface area contributed by atoms with Crippen molar-refractivity contribution < 1.29 is 27.9 Å². The number of carbonyl (C=O) groups is 2. The highest BCUT2D eigenvalue weighted by molar-refractivity contribution is 6.37. The number of hydrogen-bond donors (Lipinski definition) is 1. The number of halogens is 5. The number of carboxylic acids is 1. The highest BCUT2D eigenvalue weighted by atomic mass is 35.5. The summed E-state index contributed by atoms with van der Waals surface area (Å²) in [4.78, 5) is 29.9. The maximum Gasteiger partial charge on any atom is 0.416 e. The average molecular weight is 542 g/mol. The molecule has 192 valence electrons. The molecule has 1 aliphatic heterocycles. The molecule has 11 heteroatoms. The molecule has 0 bridgehead atoms. The minimum Gasteiger partial charge on any atom is -0.481 e. The van der Waals surface area contributed by atoms with Crippen LogP contribution in [0.15, 0.2) is 24.5 Å². The van der Waals surface area contributed by atoms with Crippen LogP contribution in [0.3, 0.4) is 0 Å². The van der Waals surface area contributed by atoms with Gasteiger partial charge >= 0.3 is 12.1 Å².